The average Bonchev–Trinajstić information content (AvgIpc) is 2.55. The first-order chi connectivity index (χ1) is 11.0. The summed E-state index contributed by atoms with van der Waals surface area (Å²) in [5.41, 5.74) is 0.640. The van der Waals surface area contributed by atoms with Crippen molar-refractivity contribution in [3.63, 3.8) is 0 Å². The molecule has 1 unspecified atom stereocenters. The van der Waals surface area contributed by atoms with Gasteiger partial charge in [0.05, 0.1) is 17.4 Å². The van der Waals surface area contributed by atoms with Crippen molar-refractivity contribution in [1.29, 1.82) is 0 Å². The Balaban J connectivity index is 1.88. The van der Waals surface area contributed by atoms with Crippen LogP contribution in [0, 0.1) is 15.9 Å². The lowest BCUT2D eigenvalue weighted by atomic mass is 10.1. The van der Waals surface area contributed by atoms with Crippen LogP contribution in [0.25, 0.3) is 0 Å². The third kappa shape index (κ3) is 4.58. The van der Waals surface area contributed by atoms with Gasteiger partial charge in [-0.25, -0.2) is 4.39 Å². The van der Waals surface area contributed by atoms with Gasteiger partial charge in [-0.05, 0) is 29.3 Å². The van der Waals surface area contributed by atoms with E-state index in [9.17, 15) is 24.4 Å². The van der Waals surface area contributed by atoms with Crippen molar-refractivity contribution in [2.24, 2.45) is 0 Å². The highest BCUT2D eigenvalue weighted by Crippen LogP contribution is 2.17. The summed E-state index contributed by atoms with van der Waals surface area (Å²) in [6.45, 7) is -0.0644. The van der Waals surface area contributed by atoms with Gasteiger partial charge in [0.2, 0.25) is 5.91 Å². The van der Waals surface area contributed by atoms with E-state index in [0.29, 0.717) is 5.56 Å². The molecule has 2 rings (SSSR count). The highest BCUT2D eigenvalue weighted by molar-refractivity contribution is 5.78. The second-order valence-electron chi connectivity index (χ2n) is 4.94. The second kappa shape index (κ2) is 7.46. The molecule has 0 fully saturated rings. The van der Waals surface area contributed by atoms with Crippen molar-refractivity contribution in [3.8, 4) is 0 Å². The molecule has 0 spiro atoms. The molecule has 2 aromatic rings. The summed E-state index contributed by atoms with van der Waals surface area (Å²) < 4.78 is 13.4. The Bertz CT molecular complexity index is 703. The minimum Gasteiger partial charge on any atom is -0.387 e. The third-order valence-electron chi connectivity index (χ3n) is 3.29. The molecule has 0 aliphatic carbocycles. The minimum absolute atomic E-state index is 0.0644. The maximum Gasteiger partial charge on any atom is 0.269 e. The lowest BCUT2D eigenvalue weighted by Crippen LogP contribution is -2.29. The fourth-order valence-corrected chi connectivity index (χ4v) is 2.02. The van der Waals surface area contributed by atoms with Gasteiger partial charge in [0, 0.05) is 18.7 Å². The first kappa shape index (κ1) is 16.6. The standard InChI is InChI=1S/C16H15FN2O4/c17-14-4-2-1-3-12(14)9-16(21)18-10-15(20)11-5-7-13(8-6-11)19(22)23/h1-8,15,20H,9-10H2,(H,18,21). The number of nitro groups is 1. The number of hydrogen-bond acceptors (Lipinski definition) is 4. The normalized spacial score (nSPS) is 11.7. The number of carbonyl (C=O) groups is 1. The van der Waals surface area contributed by atoms with E-state index in [1.54, 1.807) is 6.07 Å². The van der Waals surface area contributed by atoms with Gasteiger partial charge in [-0.1, -0.05) is 18.2 Å². The molecule has 0 saturated heterocycles. The summed E-state index contributed by atoms with van der Waals surface area (Å²) in [4.78, 5) is 21.8. The Kier molecular flexibility index (Phi) is 5.37. The fraction of sp³-hybridized carbons (Fsp3) is 0.188. The Labute approximate surface area is 131 Å². The molecule has 2 N–H and O–H groups in total. The lowest BCUT2D eigenvalue weighted by Gasteiger charge is -2.12. The molecule has 1 atom stereocenters. The number of nitrogens with one attached hydrogen (secondary N) is 1. The SMILES string of the molecule is O=C(Cc1ccccc1F)NCC(O)c1ccc([N+](=O)[O-])cc1. The van der Waals surface area contributed by atoms with Crippen LogP contribution >= 0.6 is 0 Å². The zero-order chi connectivity index (χ0) is 16.8. The van der Waals surface area contributed by atoms with Crippen LogP contribution in [0.5, 0.6) is 0 Å². The number of carbonyl (C=O) groups excluding carboxylic acids is 1. The van der Waals surface area contributed by atoms with Gasteiger partial charge in [-0.3, -0.25) is 14.9 Å². The molecule has 0 saturated carbocycles. The molecule has 120 valence electrons. The molecule has 1 amide bonds. The Hall–Kier alpha value is -2.80. The molecule has 23 heavy (non-hydrogen) atoms. The summed E-state index contributed by atoms with van der Waals surface area (Å²) in [7, 11) is 0. The van der Waals surface area contributed by atoms with Gasteiger partial charge in [0.1, 0.15) is 5.82 Å². The summed E-state index contributed by atoms with van der Waals surface area (Å²) in [5, 5.41) is 23.0. The van der Waals surface area contributed by atoms with Gasteiger partial charge in [-0.2, -0.15) is 0 Å². The molecule has 0 aliphatic heterocycles. The maximum atomic E-state index is 13.4. The highest BCUT2D eigenvalue weighted by atomic mass is 19.1. The number of aliphatic hydroxyl groups excluding tert-OH is 1. The molecule has 6 nitrogen and oxygen atoms in total. The number of non-ortho nitro benzene ring substituents is 1. The van der Waals surface area contributed by atoms with E-state index in [-0.39, 0.29) is 24.2 Å². The smallest absolute Gasteiger partial charge is 0.269 e. The molecule has 2 aromatic carbocycles. The van der Waals surface area contributed by atoms with E-state index in [1.165, 1.54) is 42.5 Å². The first-order valence-electron chi connectivity index (χ1n) is 6.90. The van der Waals surface area contributed by atoms with Crippen LogP contribution in [0.2, 0.25) is 0 Å². The highest BCUT2D eigenvalue weighted by Gasteiger charge is 2.13. The summed E-state index contributed by atoms with van der Waals surface area (Å²) in [6.07, 6.45) is -1.12. The number of hydrogen-bond donors (Lipinski definition) is 2. The number of rotatable bonds is 6. The van der Waals surface area contributed by atoms with Crippen molar-refractivity contribution >= 4 is 11.6 Å². The van der Waals surface area contributed by atoms with Crippen molar-refractivity contribution < 1.29 is 19.2 Å². The van der Waals surface area contributed by atoms with E-state index >= 15 is 0 Å². The lowest BCUT2D eigenvalue weighted by molar-refractivity contribution is -0.384. The maximum absolute atomic E-state index is 13.4. The molecule has 0 radical (unpaired) electrons. The molecule has 0 bridgehead atoms. The first-order valence-corrected chi connectivity index (χ1v) is 6.90. The van der Waals surface area contributed by atoms with Gasteiger partial charge in [-0.15, -0.1) is 0 Å². The fourth-order valence-electron chi connectivity index (χ4n) is 2.02. The van der Waals surface area contributed by atoms with Crippen LogP contribution in [0.4, 0.5) is 10.1 Å². The topological polar surface area (TPSA) is 92.5 Å². The van der Waals surface area contributed by atoms with E-state index in [1.807, 2.05) is 0 Å². The Morgan fingerprint density at radius 3 is 2.48 bits per heavy atom. The van der Waals surface area contributed by atoms with Gasteiger partial charge in [0.15, 0.2) is 0 Å². The largest absolute Gasteiger partial charge is 0.387 e. The quantitative estimate of drug-likeness (QED) is 0.630. The second-order valence-corrected chi connectivity index (χ2v) is 4.94. The number of benzene rings is 2. The summed E-state index contributed by atoms with van der Waals surface area (Å²) >= 11 is 0. The van der Waals surface area contributed by atoms with Gasteiger partial charge >= 0.3 is 0 Å². The number of amides is 1. The van der Waals surface area contributed by atoms with Crippen molar-refractivity contribution in [3.05, 3.63) is 75.6 Å². The van der Waals surface area contributed by atoms with E-state index in [0.717, 1.165) is 0 Å². The molecular weight excluding hydrogens is 303 g/mol. The zero-order valence-corrected chi connectivity index (χ0v) is 12.1. The molecular formula is C16H15FN2O4. The Morgan fingerprint density at radius 1 is 1.22 bits per heavy atom. The van der Waals surface area contributed by atoms with Gasteiger partial charge < -0.3 is 10.4 Å². The third-order valence-corrected chi connectivity index (χ3v) is 3.29. The predicted molar refractivity (Wildman–Crippen MR) is 81.2 cm³/mol. The van der Waals surface area contributed by atoms with E-state index < -0.39 is 22.8 Å². The Morgan fingerprint density at radius 2 is 1.87 bits per heavy atom. The molecule has 0 aromatic heterocycles. The number of aliphatic hydroxyl groups is 1. The van der Waals surface area contributed by atoms with Crippen molar-refractivity contribution in [1.82, 2.24) is 5.32 Å². The molecule has 0 aliphatic rings. The van der Waals surface area contributed by atoms with E-state index in [4.69, 9.17) is 0 Å². The number of halogens is 1. The van der Waals surface area contributed by atoms with E-state index in [2.05, 4.69) is 5.32 Å². The number of nitro benzene ring substituents is 1. The van der Waals surface area contributed by atoms with Crippen molar-refractivity contribution in [2.45, 2.75) is 12.5 Å². The monoisotopic (exact) mass is 318 g/mol. The van der Waals surface area contributed by atoms with Crippen LogP contribution < -0.4 is 5.32 Å². The number of nitrogens with zero attached hydrogens (tertiary/aromatic N) is 1. The summed E-state index contributed by atoms with van der Waals surface area (Å²) in [5.74, 6) is -0.880. The van der Waals surface area contributed by atoms with Crippen molar-refractivity contribution in [2.75, 3.05) is 6.54 Å². The molecule has 7 heteroatoms. The minimum atomic E-state index is -1.000. The molecule has 0 heterocycles. The predicted octanol–water partition coefficient (Wildman–Crippen LogP) is 2.13. The summed E-state index contributed by atoms with van der Waals surface area (Å²) in [6, 6.07) is 11.4. The zero-order valence-electron chi connectivity index (χ0n) is 12.1. The van der Waals surface area contributed by atoms with Gasteiger partial charge in [0.25, 0.3) is 5.69 Å². The van der Waals surface area contributed by atoms with Crippen LogP contribution in [0.3, 0.4) is 0 Å². The van der Waals surface area contributed by atoms with Crippen LogP contribution in [-0.2, 0) is 11.2 Å². The van der Waals surface area contributed by atoms with Crippen LogP contribution in [0.1, 0.15) is 17.2 Å². The average molecular weight is 318 g/mol. The van der Waals surface area contributed by atoms with Crippen LogP contribution in [-0.4, -0.2) is 22.5 Å². The van der Waals surface area contributed by atoms with Crippen LogP contribution in [0.15, 0.2) is 48.5 Å².